The van der Waals surface area contributed by atoms with Gasteiger partial charge < -0.3 is 0 Å². The van der Waals surface area contributed by atoms with E-state index in [1.807, 2.05) is 53.1 Å². The molecule has 3 aromatic carbocycles. The standard InChI is InChI=1S/C25H22Cl2N4O2S2/c26-22-12-11-18(15-23(22)27)17-34-25-29-28-24(31(25)20-8-2-1-3-9-20)19-7-6-10-21(16-19)35(32,33)30-13-4-5-14-30/h1-3,6-12,15-16H,4-5,13-14,17H2. The van der Waals surface area contributed by atoms with Crippen molar-refractivity contribution < 1.29 is 8.42 Å². The molecule has 2 heterocycles. The summed E-state index contributed by atoms with van der Waals surface area (Å²) in [6.45, 7) is 1.12. The fourth-order valence-electron chi connectivity index (χ4n) is 4.01. The highest BCUT2D eigenvalue weighted by Gasteiger charge is 2.28. The van der Waals surface area contributed by atoms with Crippen molar-refractivity contribution >= 4 is 45.0 Å². The van der Waals surface area contributed by atoms with Crippen LogP contribution in [0.5, 0.6) is 0 Å². The molecule has 0 atom stereocenters. The summed E-state index contributed by atoms with van der Waals surface area (Å²) in [5.74, 6) is 1.19. The van der Waals surface area contributed by atoms with Gasteiger partial charge in [0, 0.05) is 30.1 Å². The van der Waals surface area contributed by atoms with Gasteiger partial charge in [-0.05, 0) is 54.8 Å². The van der Waals surface area contributed by atoms with Crippen molar-refractivity contribution in [1.82, 2.24) is 19.1 Å². The summed E-state index contributed by atoms with van der Waals surface area (Å²) < 4.78 is 29.8. The van der Waals surface area contributed by atoms with E-state index in [0.29, 0.717) is 45.4 Å². The van der Waals surface area contributed by atoms with Gasteiger partial charge in [-0.15, -0.1) is 10.2 Å². The third-order valence-corrected chi connectivity index (χ3v) is 9.43. The molecule has 1 aliphatic heterocycles. The van der Waals surface area contributed by atoms with E-state index in [-0.39, 0.29) is 4.90 Å². The van der Waals surface area contributed by atoms with Gasteiger partial charge in [-0.3, -0.25) is 4.57 Å². The monoisotopic (exact) mass is 544 g/mol. The normalized spacial score (nSPS) is 14.5. The summed E-state index contributed by atoms with van der Waals surface area (Å²) in [5.41, 5.74) is 2.58. The molecule has 5 rings (SSSR count). The number of nitrogens with zero attached hydrogens (tertiary/aromatic N) is 4. The molecule has 0 aliphatic carbocycles. The number of rotatable bonds is 7. The molecular formula is C25H22Cl2N4O2S2. The lowest BCUT2D eigenvalue weighted by Crippen LogP contribution is -2.27. The minimum absolute atomic E-state index is 0.268. The largest absolute Gasteiger partial charge is 0.270 e. The number of aromatic nitrogens is 3. The van der Waals surface area contributed by atoms with Crippen molar-refractivity contribution in [3.05, 3.63) is 88.4 Å². The predicted octanol–water partition coefficient (Wildman–Crippen LogP) is 6.32. The molecule has 180 valence electrons. The Morgan fingerprint density at radius 2 is 1.63 bits per heavy atom. The van der Waals surface area contributed by atoms with Crippen LogP contribution in [0.4, 0.5) is 0 Å². The van der Waals surface area contributed by atoms with Gasteiger partial charge >= 0.3 is 0 Å². The number of thioether (sulfide) groups is 1. The minimum atomic E-state index is -3.55. The summed E-state index contributed by atoms with van der Waals surface area (Å²) in [5, 5.41) is 10.6. The predicted molar refractivity (Wildman–Crippen MR) is 141 cm³/mol. The maximum absolute atomic E-state index is 13.1. The van der Waals surface area contributed by atoms with Crippen molar-refractivity contribution in [3.63, 3.8) is 0 Å². The molecule has 1 fully saturated rings. The molecule has 1 aromatic heterocycles. The summed E-state index contributed by atoms with van der Waals surface area (Å²) in [6.07, 6.45) is 1.78. The second-order valence-corrected chi connectivity index (χ2v) is 11.8. The summed E-state index contributed by atoms with van der Waals surface area (Å²) in [4.78, 5) is 0.268. The Hall–Kier alpha value is -2.36. The Kier molecular flexibility index (Phi) is 7.18. The van der Waals surface area contributed by atoms with Crippen LogP contribution in [0.1, 0.15) is 18.4 Å². The highest BCUT2D eigenvalue weighted by atomic mass is 35.5. The minimum Gasteiger partial charge on any atom is -0.270 e. The van der Waals surface area contributed by atoms with Crippen LogP contribution in [0.15, 0.2) is 82.8 Å². The summed E-state index contributed by atoms with van der Waals surface area (Å²) in [6, 6.07) is 22.3. The van der Waals surface area contributed by atoms with E-state index in [2.05, 4.69) is 10.2 Å². The molecule has 0 amide bonds. The molecule has 10 heteroatoms. The van der Waals surface area contributed by atoms with Gasteiger partial charge in [0.15, 0.2) is 11.0 Å². The first-order valence-corrected chi connectivity index (χ1v) is 14.3. The lowest BCUT2D eigenvalue weighted by atomic mass is 10.2. The SMILES string of the molecule is O=S(=O)(c1cccc(-c2nnc(SCc3ccc(Cl)c(Cl)c3)n2-c2ccccc2)c1)N1CCCC1. The van der Waals surface area contributed by atoms with Crippen molar-refractivity contribution in [1.29, 1.82) is 0 Å². The Bertz CT molecular complexity index is 1450. The zero-order valence-electron chi connectivity index (χ0n) is 18.6. The number of halogens is 2. The zero-order chi connectivity index (χ0) is 24.4. The highest BCUT2D eigenvalue weighted by molar-refractivity contribution is 7.98. The third-order valence-electron chi connectivity index (χ3n) is 5.79. The maximum atomic E-state index is 13.1. The van der Waals surface area contributed by atoms with Crippen molar-refractivity contribution in [3.8, 4) is 17.1 Å². The van der Waals surface area contributed by atoms with Crippen LogP contribution in [0.2, 0.25) is 10.0 Å². The average molecular weight is 546 g/mol. The van der Waals surface area contributed by atoms with E-state index in [1.165, 1.54) is 11.8 Å². The average Bonchev–Trinajstić information content (AvgIpc) is 3.56. The Morgan fingerprint density at radius 3 is 2.37 bits per heavy atom. The summed E-state index contributed by atoms with van der Waals surface area (Å²) in [7, 11) is -3.55. The van der Waals surface area contributed by atoms with Crippen molar-refractivity contribution in [2.75, 3.05) is 13.1 Å². The first-order chi connectivity index (χ1) is 16.9. The number of hydrogen-bond donors (Lipinski definition) is 0. The number of hydrogen-bond acceptors (Lipinski definition) is 5. The quantitative estimate of drug-likeness (QED) is 0.254. The van der Waals surface area contributed by atoms with Gasteiger partial charge in [0.05, 0.1) is 14.9 Å². The lowest BCUT2D eigenvalue weighted by Gasteiger charge is -2.16. The van der Waals surface area contributed by atoms with E-state index in [4.69, 9.17) is 23.2 Å². The molecule has 6 nitrogen and oxygen atoms in total. The summed E-state index contributed by atoms with van der Waals surface area (Å²) >= 11 is 13.7. The molecule has 0 unspecified atom stereocenters. The van der Waals surface area contributed by atoms with Crippen LogP contribution < -0.4 is 0 Å². The second-order valence-electron chi connectivity index (χ2n) is 8.15. The molecule has 1 aliphatic rings. The molecule has 0 saturated carbocycles. The fourth-order valence-corrected chi connectivity index (χ4v) is 6.79. The fraction of sp³-hybridized carbons (Fsp3) is 0.200. The van der Waals surface area contributed by atoms with Gasteiger partial charge in [0.1, 0.15) is 0 Å². The zero-order valence-corrected chi connectivity index (χ0v) is 21.8. The van der Waals surface area contributed by atoms with Crippen LogP contribution in [0.25, 0.3) is 17.1 Å². The first kappa shape index (κ1) is 24.3. The molecule has 0 spiro atoms. The van der Waals surface area contributed by atoms with E-state index >= 15 is 0 Å². The molecule has 4 aromatic rings. The van der Waals surface area contributed by atoms with Crippen LogP contribution in [-0.2, 0) is 15.8 Å². The Balaban J connectivity index is 1.52. The lowest BCUT2D eigenvalue weighted by molar-refractivity contribution is 0.477. The Labute approximate surface area is 218 Å². The number of sulfonamides is 1. The van der Waals surface area contributed by atoms with Crippen LogP contribution in [-0.4, -0.2) is 40.6 Å². The van der Waals surface area contributed by atoms with E-state index in [1.54, 1.807) is 28.6 Å². The maximum Gasteiger partial charge on any atom is 0.243 e. The topological polar surface area (TPSA) is 68.1 Å². The third kappa shape index (κ3) is 5.13. The van der Waals surface area contributed by atoms with Crippen molar-refractivity contribution in [2.45, 2.75) is 28.6 Å². The smallest absolute Gasteiger partial charge is 0.243 e. The first-order valence-electron chi connectivity index (χ1n) is 11.1. The number of benzene rings is 3. The number of para-hydroxylation sites is 1. The van der Waals surface area contributed by atoms with Gasteiger partial charge in [0.25, 0.3) is 0 Å². The Morgan fingerprint density at radius 1 is 0.857 bits per heavy atom. The molecule has 0 radical (unpaired) electrons. The van der Waals surface area contributed by atoms with Crippen LogP contribution in [0.3, 0.4) is 0 Å². The van der Waals surface area contributed by atoms with Gasteiger partial charge in [-0.25, -0.2) is 8.42 Å². The molecule has 0 bridgehead atoms. The van der Waals surface area contributed by atoms with Crippen LogP contribution >= 0.6 is 35.0 Å². The van der Waals surface area contributed by atoms with E-state index in [9.17, 15) is 8.42 Å². The van der Waals surface area contributed by atoms with Crippen LogP contribution in [0, 0.1) is 0 Å². The van der Waals surface area contributed by atoms with E-state index in [0.717, 1.165) is 24.1 Å². The molecule has 35 heavy (non-hydrogen) atoms. The molecule has 1 saturated heterocycles. The van der Waals surface area contributed by atoms with Crippen molar-refractivity contribution in [2.24, 2.45) is 0 Å². The van der Waals surface area contributed by atoms with E-state index < -0.39 is 10.0 Å². The second kappa shape index (κ2) is 10.3. The van der Waals surface area contributed by atoms with Gasteiger partial charge in [-0.2, -0.15) is 4.31 Å². The highest BCUT2D eigenvalue weighted by Crippen LogP contribution is 2.32. The van der Waals surface area contributed by atoms with Gasteiger partial charge in [-0.1, -0.05) is 71.4 Å². The van der Waals surface area contributed by atoms with Gasteiger partial charge in [0.2, 0.25) is 10.0 Å². The molecule has 0 N–H and O–H groups in total. The molecular weight excluding hydrogens is 523 g/mol.